The number of rotatable bonds is 5. The first-order valence-corrected chi connectivity index (χ1v) is 7.64. The number of likely N-dealkylation sites (N-methyl/N-ethyl adjacent to an activating group) is 1. The third-order valence-electron chi connectivity index (χ3n) is 3.49. The Morgan fingerprint density at radius 2 is 2.10 bits per heavy atom. The van der Waals surface area contributed by atoms with Gasteiger partial charge in [0.2, 0.25) is 0 Å². The fourth-order valence-corrected chi connectivity index (χ4v) is 3.16. The molecule has 2 heterocycles. The van der Waals surface area contributed by atoms with E-state index in [9.17, 15) is 4.79 Å². The van der Waals surface area contributed by atoms with E-state index in [0.717, 1.165) is 54.7 Å². The highest BCUT2D eigenvalue weighted by molar-refractivity contribution is 7.12. The summed E-state index contributed by atoms with van der Waals surface area (Å²) in [5, 5.41) is 9.74. The molecule has 1 aromatic rings. The molecule has 110 valence electrons. The largest absolute Gasteiger partial charge is 0.478 e. The third kappa shape index (κ3) is 4.40. The Kier molecular flexibility index (Phi) is 5.28. The van der Waals surface area contributed by atoms with Gasteiger partial charge in [-0.05, 0) is 20.0 Å². The number of aromatic nitrogens is 1. The smallest absolute Gasteiger partial charge is 0.328 e. The standard InChI is InChI=1S/C14H21N3O2S/c1-11-12(3-4-14(18)19)20-13(15-11)5-6-17-9-7-16(2)8-10-17/h3-4H,5-10H2,1-2H3,(H,18,19)/b4-3+. The number of hydrogen-bond donors (Lipinski definition) is 1. The first kappa shape index (κ1) is 15.2. The second-order valence-electron chi connectivity index (χ2n) is 5.12. The molecule has 5 nitrogen and oxygen atoms in total. The van der Waals surface area contributed by atoms with E-state index < -0.39 is 5.97 Å². The Balaban J connectivity index is 1.87. The zero-order chi connectivity index (χ0) is 14.5. The maximum atomic E-state index is 10.5. The molecule has 0 saturated carbocycles. The topological polar surface area (TPSA) is 56.7 Å². The van der Waals surface area contributed by atoms with Crippen molar-refractivity contribution in [1.29, 1.82) is 0 Å². The molecule has 0 radical (unpaired) electrons. The average molecular weight is 295 g/mol. The molecule has 0 aliphatic carbocycles. The van der Waals surface area contributed by atoms with Gasteiger partial charge in [-0.3, -0.25) is 0 Å². The number of aliphatic carboxylic acids is 1. The fourth-order valence-electron chi connectivity index (χ4n) is 2.20. The number of aryl methyl sites for hydroxylation is 1. The van der Waals surface area contributed by atoms with Crippen LogP contribution in [0, 0.1) is 6.92 Å². The maximum Gasteiger partial charge on any atom is 0.328 e. The molecule has 1 aliphatic heterocycles. The number of nitrogens with zero attached hydrogens (tertiary/aromatic N) is 3. The SMILES string of the molecule is Cc1nc(CCN2CCN(C)CC2)sc1/C=C/C(=O)O. The average Bonchev–Trinajstić information content (AvgIpc) is 2.76. The minimum Gasteiger partial charge on any atom is -0.478 e. The van der Waals surface area contributed by atoms with E-state index >= 15 is 0 Å². The lowest BCUT2D eigenvalue weighted by atomic mass is 10.3. The lowest BCUT2D eigenvalue weighted by Gasteiger charge is -2.32. The summed E-state index contributed by atoms with van der Waals surface area (Å²) >= 11 is 1.59. The van der Waals surface area contributed by atoms with Gasteiger partial charge in [-0.1, -0.05) is 0 Å². The van der Waals surface area contributed by atoms with E-state index in [1.54, 1.807) is 17.4 Å². The van der Waals surface area contributed by atoms with Crippen LogP contribution in [0.5, 0.6) is 0 Å². The number of carboxylic acids is 1. The fraction of sp³-hybridized carbons (Fsp3) is 0.571. The molecule has 1 saturated heterocycles. The first-order valence-electron chi connectivity index (χ1n) is 6.83. The van der Waals surface area contributed by atoms with Crippen molar-refractivity contribution in [2.45, 2.75) is 13.3 Å². The van der Waals surface area contributed by atoms with Gasteiger partial charge in [-0.2, -0.15) is 0 Å². The summed E-state index contributed by atoms with van der Waals surface area (Å²) in [4.78, 5) is 20.8. The van der Waals surface area contributed by atoms with Gasteiger partial charge in [-0.15, -0.1) is 11.3 Å². The Morgan fingerprint density at radius 3 is 2.75 bits per heavy atom. The Labute approximate surface area is 123 Å². The highest BCUT2D eigenvalue weighted by Crippen LogP contribution is 2.20. The van der Waals surface area contributed by atoms with Crippen molar-refractivity contribution in [2.24, 2.45) is 0 Å². The van der Waals surface area contributed by atoms with E-state index in [-0.39, 0.29) is 0 Å². The van der Waals surface area contributed by atoms with E-state index in [0.29, 0.717) is 0 Å². The van der Waals surface area contributed by atoms with Gasteiger partial charge in [-0.25, -0.2) is 9.78 Å². The van der Waals surface area contributed by atoms with Crippen LogP contribution in [0.4, 0.5) is 0 Å². The van der Waals surface area contributed by atoms with Crippen molar-refractivity contribution < 1.29 is 9.90 Å². The molecule has 0 atom stereocenters. The lowest BCUT2D eigenvalue weighted by Crippen LogP contribution is -2.45. The molecule has 2 rings (SSSR count). The predicted molar refractivity (Wildman–Crippen MR) is 81.2 cm³/mol. The summed E-state index contributed by atoms with van der Waals surface area (Å²) in [5.41, 5.74) is 0.917. The highest BCUT2D eigenvalue weighted by atomic mass is 32.1. The van der Waals surface area contributed by atoms with Crippen LogP contribution >= 0.6 is 11.3 Å². The molecular formula is C14H21N3O2S. The second kappa shape index (κ2) is 6.97. The molecule has 6 heteroatoms. The van der Waals surface area contributed by atoms with E-state index in [4.69, 9.17) is 5.11 Å². The minimum absolute atomic E-state index is 0.917. The van der Waals surface area contributed by atoms with E-state index in [2.05, 4.69) is 21.8 Å². The summed E-state index contributed by atoms with van der Waals surface area (Å²) in [5.74, 6) is -0.920. The number of carbonyl (C=O) groups is 1. The van der Waals surface area contributed by atoms with Crippen LogP contribution in [0.3, 0.4) is 0 Å². The van der Waals surface area contributed by atoms with Crippen molar-refractivity contribution in [1.82, 2.24) is 14.8 Å². The van der Waals surface area contributed by atoms with E-state index in [1.807, 2.05) is 6.92 Å². The van der Waals surface area contributed by atoms with Crippen molar-refractivity contribution in [3.63, 3.8) is 0 Å². The summed E-state index contributed by atoms with van der Waals surface area (Å²) in [6, 6.07) is 0. The van der Waals surface area contributed by atoms with E-state index in [1.165, 1.54) is 6.08 Å². The second-order valence-corrected chi connectivity index (χ2v) is 6.24. The zero-order valence-electron chi connectivity index (χ0n) is 12.0. The molecule has 1 N–H and O–H groups in total. The van der Waals surface area contributed by atoms with Gasteiger partial charge in [0.1, 0.15) is 0 Å². The van der Waals surface area contributed by atoms with Crippen LogP contribution < -0.4 is 0 Å². The van der Waals surface area contributed by atoms with Gasteiger partial charge in [0.05, 0.1) is 15.6 Å². The Bertz CT molecular complexity index is 491. The molecule has 0 unspecified atom stereocenters. The maximum absolute atomic E-state index is 10.5. The van der Waals surface area contributed by atoms with Gasteiger partial charge in [0.15, 0.2) is 0 Å². The van der Waals surface area contributed by atoms with Crippen molar-refractivity contribution in [2.75, 3.05) is 39.8 Å². The zero-order valence-corrected chi connectivity index (χ0v) is 12.8. The summed E-state index contributed by atoms with van der Waals surface area (Å²) in [7, 11) is 2.16. The molecule has 20 heavy (non-hydrogen) atoms. The lowest BCUT2D eigenvalue weighted by molar-refractivity contribution is -0.131. The van der Waals surface area contributed by atoms with Crippen LogP contribution in [0.2, 0.25) is 0 Å². The quantitative estimate of drug-likeness (QED) is 0.831. The van der Waals surface area contributed by atoms with Crippen molar-refractivity contribution >= 4 is 23.4 Å². The summed E-state index contributed by atoms with van der Waals surface area (Å²) in [6.07, 6.45) is 3.75. The predicted octanol–water partition coefficient (Wildman–Crippen LogP) is 1.34. The number of piperazine rings is 1. The number of hydrogen-bond acceptors (Lipinski definition) is 5. The van der Waals surface area contributed by atoms with Crippen LogP contribution in [-0.2, 0) is 11.2 Å². The molecule has 0 spiro atoms. The molecule has 0 aromatic carbocycles. The Hall–Kier alpha value is -1.24. The monoisotopic (exact) mass is 295 g/mol. The van der Waals surface area contributed by atoms with Gasteiger partial charge in [0.25, 0.3) is 0 Å². The molecular weight excluding hydrogens is 274 g/mol. The van der Waals surface area contributed by atoms with Crippen LogP contribution in [0.1, 0.15) is 15.6 Å². The summed E-state index contributed by atoms with van der Waals surface area (Å²) in [6.45, 7) is 7.45. The normalized spacial score (nSPS) is 17.9. The molecule has 1 aliphatic rings. The molecule has 1 fully saturated rings. The molecule has 0 amide bonds. The van der Waals surface area contributed by atoms with Crippen molar-refractivity contribution in [3.05, 3.63) is 21.7 Å². The van der Waals surface area contributed by atoms with Crippen LogP contribution in [0.25, 0.3) is 6.08 Å². The third-order valence-corrected chi connectivity index (χ3v) is 4.67. The van der Waals surface area contributed by atoms with Gasteiger partial charge < -0.3 is 14.9 Å². The van der Waals surface area contributed by atoms with Crippen molar-refractivity contribution in [3.8, 4) is 0 Å². The molecule has 0 bridgehead atoms. The Morgan fingerprint density at radius 1 is 1.40 bits per heavy atom. The number of carboxylic acid groups (broad SMARTS) is 1. The highest BCUT2D eigenvalue weighted by Gasteiger charge is 2.14. The van der Waals surface area contributed by atoms with Crippen LogP contribution in [-0.4, -0.2) is 65.6 Å². The number of thiazole rings is 1. The first-order chi connectivity index (χ1) is 9.54. The minimum atomic E-state index is -0.920. The van der Waals surface area contributed by atoms with Gasteiger partial charge >= 0.3 is 5.97 Å². The molecule has 1 aromatic heterocycles. The summed E-state index contributed by atoms with van der Waals surface area (Å²) < 4.78 is 0. The van der Waals surface area contributed by atoms with Gasteiger partial charge in [0, 0.05) is 45.2 Å². The van der Waals surface area contributed by atoms with Crippen LogP contribution in [0.15, 0.2) is 6.08 Å².